The summed E-state index contributed by atoms with van der Waals surface area (Å²) in [7, 11) is 0. The van der Waals surface area contributed by atoms with Gasteiger partial charge in [0.25, 0.3) is 0 Å². The number of benzene rings is 2. The molecule has 4 amide bonds. The molecule has 0 aliphatic carbocycles. The number of carbonyl (C=O) groups excluding carboxylic acids is 4. The molecule has 10 nitrogen and oxygen atoms in total. The number of hydrogen-bond donors (Lipinski definition) is 1. The fraction of sp³-hybridized carbons (Fsp3) is 0.312. The van der Waals surface area contributed by atoms with E-state index in [1.54, 1.807) is 47.5 Å². The zero-order chi connectivity index (χ0) is 30.6. The quantitative estimate of drug-likeness (QED) is 0.390. The van der Waals surface area contributed by atoms with E-state index in [0.717, 1.165) is 21.7 Å². The van der Waals surface area contributed by atoms with Crippen molar-refractivity contribution in [3.05, 3.63) is 95.8 Å². The van der Waals surface area contributed by atoms with Crippen LogP contribution in [0.15, 0.2) is 84.0 Å². The van der Waals surface area contributed by atoms with Gasteiger partial charge in [0, 0.05) is 18.3 Å². The van der Waals surface area contributed by atoms with Crippen LogP contribution >= 0.6 is 11.8 Å². The van der Waals surface area contributed by atoms with Crippen molar-refractivity contribution < 1.29 is 23.9 Å². The second-order valence-corrected chi connectivity index (χ2v) is 12.4. The number of nitrogens with one attached hydrogen (secondary N) is 1. The summed E-state index contributed by atoms with van der Waals surface area (Å²) in [6, 6.07) is 20.7. The first kappa shape index (κ1) is 30.0. The third kappa shape index (κ3) is 7.29. The topological polar surface area (TPSA) is 121 Å². The maximum absolute atomic E-state index is 13.6. The third-order valence-corrected chi connectivity index (χ3v) is 8.05. The number of aliphatic imine (C=N–C) groups is 1. The molecule has 11 heteroatoms. The van der Waals surface area contributed by atoms with E-state index in [1.165, 1.54) is 11.8 Å². The largest absolute Gasteiger partial charge is 0.444 e. The Morgan fingerprint density at radius 3 is 2.42 bits per heavy atom. The first-order valence-electron chi connectivity index (χ1n) is 14.0. The van der Waals surface area contributed by atoms with Crippen molar-refractivity contribution in [1.82, 2.24) is 14.8 Å². The van der Waals surface area contributed by atoms with Crippen LogP contribution in [0.3, 0.4) is 0 Å². The fourth-order valence-electron chi connectivity index (χ4n) is 4.76. The Balaban J connectivity index is 1.25. The average Bonchev–Trinajstić information content (AvgIpc) is 3.52. The molecule has 1 unspecified atom stereocenters. The van der Waals surface area contributed by atoms with Crippen molar-refractivity contribution in [3.8, 4) is 0 Å². The molecule has 0 bridgehead atoms. The molecular weight excluding hydrogens is 566 g/mol. The second-order valence-electron chi connectivity index (χ2n) is 11.3. The van der Waals surface area contributed by atoms with Crippen molar-refractivity contribution in [2.45, 2.75) is 63.6 Å². The summed E-state index contributed by atoms with van der Waals surface area (Å²) >= 11 is 1.39. The van der Waals surface area contributed by atoms with Crippen LogP contribution in [0, 0.1) is 0 Å². The molecule has 0 spiro atoms. The number of thioether (sulfide) groups is 1. The van der Waals surface area contributed by atoms with Crippen molar-refractivity contribution in [3.63, 3.8) is 0 Å². The van der Waals surface area contributed by atoms with Gasteiger partial charge in [-0.25, -0.2) is 9.69 Å². The lowest BCUT2D eigenvalue weighted by Crippen LogP contribution is -2.45. The summed E-state index contributed by atoms with van der Waals surface area (Å²) in [4.78, 5) is 63.6. The molecule has 0 radical (unpaired) electrons. The highest BCUT2D eigenvalue weighted by atomic mass is 32.2. The molecule has 3 heterocycles. The summed E-state index contributed by atoms with van der Waals surface area (Å²) in [5.41, 5.74) is 2.41. The molecule has 1 aromatic heterocycles. The lowest BCUT2D eigenvalue weighted by atomic mass is 10.1. The lowest BCUT2D eigenvalue weighted by molar-refractivity contribution is -0.131. The molecule has 222 valence electrons. The van der Waals surface area contributed by atoms with Crippen LogP contribution < -0.4 is 5.32 Å². The number of carbonyl (C=O) groups is 4. The average molecular weight is 600 g/mol. The van der Waals surface area contributed by atoms with E-state index in [1.807, 2.05) is 57.2 Å². The summed E-state index contributed by atoms with van der Waals surface area (Å²) in [6.45, 7) is 6.26. The van der Waals surface area contributed by atoms with E-state index in [4.69, 9.17) is 9.73 Å². The maximum atomic E-state index is 13.6. The molecule has 2 aromatic carbocycles. The number of nitrogens with zero attached hydrogens (tertiary/aromatic N) is 4. The Morgan fingerprint density at radius 1 is 1.02 bits per heavy atom. The van der Waals surface area contributed by atoms with E-state index in [9.17, 15) is 19.2 Å². The van der Waals surface area contributed by atoms with Crippen molar-refractivity contribution >= 4 is 46.4 Å². The van der Waals surface area contributed by atoms with Crippen LogP contribution in [-0.4, -0.2) is 55.3 Å². The highest BCUT2D eigenvalue weighted by molar-refractivity contribution is 8.15. The molecule has 2 fully saturated rings. The van der Waals surface area contributed by atoms with Crippen LogP contribution in [0.5, 0.6) is 0 Å². The van der Waals surface area contributed by atoms with Gasteiger partial charge in [-0.1, -0.05) is 60.3 Å². The van der Waals surface area contributed by atoms with E-state index < -0.39 is 29.2 Å². The van der Waals surface area contributed by atoms with E-state index in [-0.39, 0.29) is 30.9 Å². The number of pyridine rings is 1. The SMILES string of the molecule is CC(C)(C)N=C1SC(c2ccc(NC(=O)[C@@H]3CCC(=O)N3C(=O)OCc3ccccc3)cc2)C(=O)N1Cc1ccccn1. The molecule has 3 aromatic rings. The monoisotopic (exact) mass is 599 g/mol. The molecular formula is C32H33N5O5S. The second kappa shape index (κ2) is 12.8. The van der Waals surface area contributed by atoms with Crippen LogP contribution in [0.2, 0.25) is 0 Å². The van der Waals surface area contributed by atoms with Gasteiger partial charge in [0.2, 0.25) is 17.7 Å². The molecule has 2 aliphatic heterocycles. The number of amidine groups is 1. The van der Waals surface area contributed by atoms with E-state index in [2.05, 4.69) is 10.3 Å². The molecule has 2 saturated heterocycles. The number of ether oxygens (including phenoxy) is 1. The van der Waals surface area contributed by atoms with E-state index >= 15 is 0 Å². The van der Waals surface area contributed by atoms with Crippen molar-refractivity contribution in [1.29, 1.82) is 0 Å². The van der Waals surface area contributed by atoms with Crippen molar-refractivity contribution in [2.24, 2.45) is 4.99 Å². The molecule has 0 saturated carbocycles. The maximum Gasteiger partial charge on any atom is 0.417 e. The molecule has 5 rings (SSSR count). The van der Waals surface area contributed by atoms with Crippen LogP contribution in [0.4, 0.5) is 10.5 Å². The lowest BCUT2D eigenvalue weighted by Gasteiger charge is -2.22. The van der Waals surface area contributed by atoms with Gasteiger partial charge in [-0.3, -0.25) is 29.3 Å². The summed E-state index contributed by atoms with van der Waals surface area (Å²) in [5.74, 6) is -1.03. The number of hydrogen-bond acceptors (Lipinski definition) is 8. The van der Waals surface area contributed by atoms with Gasteiger partial charge in [-0.05, 0) is 62.6 Å². The Kier molecular flexibility index (Phi) is 8.91. The zero-order valence-electron chi connectivity index (χ0n) is 24.2. The highest BCUT2D eigenvalue weighted by Crippen LogP contribution is 2.41. The Hall–Kier alpha value is -4.51. The van der Waals surface area contributed by atoms with Gasteiger partial charge in [-0.2, -0.15) is 0 Å². The molecule has 1 N–H and O–H groups in total. The summed E-state index contributed by atoms with van der Waals surface area (Å²) < 4.78 is 5.32. The van der Waals surface area contributed by atoms with Gasteiger partial charge in [0.1, 0.15) is 17.9 Å². The van der Waals surface area contributed by atoms with Gasteiger partial charge in [0.15, 0.2) is 5.17 Å². The highest BCUT2D eigenvalue weighted by Gasteiger charge is 2.42. The first-order chi connectivity index (χ1) is 20.6. The number of anilines is 1. The van der Waals surface area contributed by atoms with Gasteiger partial charge < -0.3 is 10.1 Å². The van der Waals surface area contributed by atoms with Crippen LogP contribution in [-0.2, 0) is 32.3 Å². The van der Waals surface area contributed by atoms with Crippen LogP contribution in [0.25, 0.3) is 0 Å². The Morgan fingerprint density at radius 2 is 1.74 bits per heavy atom. The number of amides is 4. The molecule has 43 heavy (non-hydrogen) atoms. The number of imide groups is 1. The number of likely N-dealkylation sites (tertiary alicyclic amines) is 1. The minimum absolute atomic E-state index is 0.00137. The summed E-state index contributed by atoms with van der Waals surface area (Å²) in [5, 5.41) is 2.93. The predicted molar refractivity (Wildman–Crippen MR) is 164 cm³/mol. The zero-order valence-corrected chi connectivity index (χ0v) is 25.0. The predicted octanol–water partition coefficient (Wildman–Crippen LogP) is 5.32. The minimum Gasteiger partial charge on any atom is -0.444 e. The smallest absolute Gasteiger partial charge is 0.417 e. The number of aromatic nitrogens is 1. The van der Waals surface area contributed by atoms with Crippen molar-refractivity contribution in [2.75, 3.05) is 5.32 Å². The normalized spacial score (nSPS) is 19.7. The molecule has 2 aliphatic rings. The van der Waals surface area contributed by atoms with Gasteiger partial charge in [0.05, 0.1) is 17.8 Å². The fourth-order valence-corrected chi connectivity index (χ4v) is 6.10. The van der Waals surface area contributed by atoms with Gasteiger partial charge in [-0.15, -0.1) is 0 Å². The number of rotatable bonds is 7. The third-order valence-electron chi connectivity index (χ3n) is 6.82. The molecule has 2 atom stereocenters. The van der Waals surface area contributed by atoms with Gasteiger partial charge >= 0.3 is 6.09 Å². The standard InChI is InChI=1S/C32H33N5O5S/c1-32(2,3)35-30-36(19-24-11-7-8-18-33-24)29(40)27(43-30)22-12-14-23(15-13-22)34-28(39)25-16-17-26(38)37(25)31(41)42-20-21-9-5-4-6-10-21/h4-15,18,25,27H,16-17,19-20H2,1-3H3,(H,34,39)/t25-,27?/m0/s1. The Labute approximate surface area is 254 Å². The first-order valence-corrected chi connectivity index (χ1v) is 14.9. The van der Waals surface area contributed by atoms with Crippen LogP contribution in [0.1, 0.15) is 55.7 Å². The Bertz CT molecular complexity index is 1520. The summed E-state index contributed by atoms with van der Waals surface area (Å²) in [6.07, 6.45) is 1.13. The minimum atomic E-state index is -0.973. The van der Waals surface area contributed by atoms with E-state index in [0.29, 0.717) is 17.4 Å².